The third-order valence-electron chi connectivity index (χ3n) is 2.80. The van der Waals surface area contributed by atoms with Gasteiger partial charge >= 0.3 is 5.97 Å². The number of carbonyl (C=O) groups is 2. The van der Waals surface area contributed by atoms with Crippen LogP contribution in [0.4, 0.5) is 0 Å². The summed E-state index contributed by atoms with van der Waals surface area (Å²) in [7, 11) is 1.29. The zero-order valence-electron chi connectivity index (χ0n) is 13.0. The summed E-state index contributed by atoms with van der Waals surface area (Å²) in [6, 6.07) is 6.65. The molecule has 0 saturated heterocycles. The molecule has 0 radical (unpaired) electrons. The van der Waals surface area contributed by atoms with Crippen LogP contribution in [0.2, 0.25) is 0 Å². The Bertz CT molecular complexity index is 506. The standard InChI is InChI=1S/C15H22N2O5/c1-10(17-11(2)18)16-8-12(19)9-22-14-7-5-4-6-13(14)15(20)21-3/h4-7,10,12,16,19H,8-9H2,1-3H3,(H,17,18). The molecule has 1 amide bonds. The van der Waals surface area contributed by atoms with Crippen LogP contribution in [0.3, 0.4) is 0 Å². The van der Waals surface area contributed by atoms with Gasteiger partial charge in [-0.1, -0.05) is 12.1 Å². The Kier molecular flexibility index (Phi) is 7.34. The summed E-state index contributed by atoms with van der Waals surface area (Å²) in [4.78, 5) is 22.4. The molecule has 0 heterocycles. The number of ether oxygens (including phenoxy) is 2. The van der Waals surface area contributed by atoms with E-state index in [9.17, 15) is 14.7 Å². The fourth-order valence-electron chi connectivity index (χ4n) is 1.78. The number of benzene rings is 1. The Morgan fingerprint density at radius 1 is 1.32 bits per heavy atom. The molecule has 0 aromatic heterocycles. The van der Waals surface area contributed by atoms with Crippen LogP contribution in [0.25, 0.3) is 0 Å². The van der Waals surface area contributed by atoms with Crippen LogP contribution in [0.5, 0.6) is 5.75 Å². The quantitative estimate of drug-likeness (QED) is 0.471. The van der Waals surface area contributed by atoms with Gasteiger partial charge in [-0.05, 0) is 19.1 Å². The molecule has 0 saturated carbocycles. The molecule has 2 atom stereocenters. The van der Waals surface area contributed by atoms with Gasteiger partial charge in [-0.3, -0.25) is 10.1 Å². The summed E-state index contributed by atoms with van der Waals surface area (Å²) in [6.07, 6.45) is -1.04. The average Bonchev–Trinajstić information content (AvgIpc) is 2.49. The third kappa shape index (κ3) is 6.11. The maximum Gasteiger partial charge on any atom is 0.341 e. The number of methoxy groups -OCH3 is 1. The van der Waals surface area contributed by atoms with Crippen LogP contribution in [0, 0.1) is 0 Å². The van der Waals surface area contributed by atoms with Crippen LogP contribution in [-0.2, 0) is 9.53 Å². The fraction of sp³-hybridized carbons (Fsp3) is 0.467. The number of hydrogen-bond donors (Lipinski definition) is 3. The van der Waals surface area contributed by atoms with Gasteiger partial charge in [0.05, 0.1) is 13.3 Å². The molecule has 2 unspecified atom stereocenters. The first kappa shape index (κ1) is 17.9. The number of aliphatic hydroxyl groups excluding tert-OH is 1. The van der Waals surface area contributed by atoms with Crippen molar-refractivity contribution in [2.45, 2.75) is 26.1 Å². The second kappa shape index (κ2) is 9.01. The Labute approximate surface area is 129 Å². The molecule has 22 heavy (non-hydrogen) atoms. The molecule has 0 fully saturated rings. The zero-order valence-corrected chi connectivity index (χ0v) is 13.0. The number of hydrogen-bond acceptors (Lipinski definition) is 6. The molecule has 122 valence electrons. The fourth-order valence-corrected chi connectivity index (χ4v) is 1.78. The average molecular weight is 310 g/mol. The van der Waals surface area contributed by atoms with Gasteiger partial charge in [-0.2, -0.15) is 0 Å². The summed E-state index contributed by atoms with van der Waals surface area (Å²) in [6.45, 7) is 3.43. The van der Waals surface area contributed by atoms with E-state index < -0.39 is 12.1 Å². The lowest BCUT2D eigenvalue weighted by Gasteiger charge is -2.18. The number of amides is 1. The van der Waals surface area contributed by atoms with Gasteiger partial charge in [-0.25, -0.2) is 4.79 Å². The van der Waals surface area contributed by atoms with Crippen molar-refractivity contribution < 1.29 is 24.2 Å². The van der Waals surface area contributed by atoms with Crippen molar-refractivity contribution in [2.75, 3.05) is 20.3 Å². The first-order chi connectivity index (χ1) is 10.4. The molecular formula is C15H22N2O5. The molecular weight excluding hydrogens is 288 g/mol. The van der Waals surface area contributed by atoms with E-state index in [0.717, 1.165) is 0 Å². The second-order valence-electron chi connectivity index (χ2n) is 4.78. The lowest BCUT2D eigenvalue weighted by Crippen LogP contribution is -2.46. The Morgan fingerprint density at radius 2 is 2.00 bits per heavy atom. The van der Waals surface area contributed by atoms with Gasteiger partial charge in [0, 0.05) is 13.5 Å². The molecule has 0 aliphatic rings. The number of carbonyl (C=O) groups excluding carboxylic acids is 2. The van der Waals surface area contributed by atoms with Crippen molar-refractivity contribution in [3.05, 3.63) is 29.8 Å². The molecule has 3 N–H and O–H groups in total. The highest BCUT2D eigenvalue weighted by atomic mass is 16.5. The Hall–Kier alpha value is -2.12. The molecule has 1 rings (SSSR count). The number of nitrogens with one attached hydrogen (secondary N) is 2. The van der Waals surface area contributed by atoms with E-state index in [-0.39, 0.29) is 25.2 Å². The maximum absolute atomic E-state index is 11.6. The van der Waals surface area contributed by atoms with Crippen LogP contribution in [-0.4, -0.2) is 49.5 Å². The summed E-state index contributed by atoms with van der Waals surface area (Å²) in [5.41, 5.74) is 0.303. The number of aliphatic hydroxyl groups is 1. The van der Waals surface area contributed by atoms with Gasteiger partial charge in [0.25, 0.3) is 0 Å². The van der Waals surface area contributed by atoms with E-state index in [4.69, 9.17) is 4.74 Å². The van der Waals surface area contributed by atoms with Crippen molar-refractivity contribution in [3.63, 3.8) is 0 Å². The molecule has 0 aliphatic carbocycles. The third-order valence-corrected chi connectivity index (χ3v) is 2.80. The molecule has 1 aromatic rings. The SMILES string of the molecule is COC(=O)c1ccccc1OCC(O)CNC(C)NC(C)=O. The van der Waals surface area contributed by atoms with Crippen molar-refractivity contribution in [1.29, 1.82) is 0 Å². The molecule has 7 heteroatoms. The van der Waals surface area contributed by atoms with Gasteiger partial charge < -0.3 is 19.9 Å². The molecule has 0 bridgehead atoms. The Balaban J connectivity index is 2.46. The number of esters is 1. The predicted molar refractivity (Wildman–Crippen MR) is 80.6 cm³/mol. The highest BCUT2D eigenvalue weighted by Gasteiger charge is 2.14. The van der Waals surface area contributed by atoms with Gasteiger partial charge in [0.2, 0.25) is 5.91 Å². The van der Waals surface area contributed by atoms with Crippen molar-refractivity contribution in [2.24, 2.45) is 0 Å². The van der Waals surface area contributed by atoms with Crippen molar-refractivity contribution >= 4 is 11.9 Å². The van der Waals surface area contributed by atoms with Gasteiger partial charge in [0.15, 0.2) is 0 Å². The minimum atomic E-state index is -0.790. The first-order valence-electron chi connectivity index (χ1n) is 6.92. The van der Waals surface area contributed by atoms with E-state index in [0.29, 0.717) is 11.3 Å². The lowest BCUT2D eigenvalue weighted by molar-refractivity contribution is -0.119. The molecule has 0 aliphatic heterocycles. The van der Waals surface area contributed by atoms with Crippen molar-refractivity contribution in [1.82, 2.24) is 10.6 Å². The zero-order chi connectivity index (χ0) is 16.5. The lowest BCUT2D eigenvalue weighted by atomic mass is 10.2. The minimum Gasteiger partial charge on any atom is -0.490 e. The Morgan fingerprint density at radius 3 is 2.64 bits per heavy atom. The summed E-state index contributed by atoms with van der Waals surface area (Å²) in [5.74, 6) is -0.302. The number of para-hydroxylation sites is 1. The predicted octanol–water partition coefficient (Wildman–Crippen LogP) is 0.285. The highest BCUT2D eigenvalue weighted by Crippen LogP contribution is 2.18. The van der Waals surface area contributed by atoms with E-state index in [1.807, 2.05) is 0 Å². The van der Waals surface area contributed by atoms with E-state index in [1.165, 1.54) is 14.0 Å². The molecule has 1 aromatic carbocycles. The second-order valence-corrected chi connectivity index (χ2v) is 4.78. The highest BCUT2D eigenvalue weighted by molar-refractivity contribution is 5.92. The normalized spacial score (nSPS) is 13.1. The van der Waals surface area contributed by atoms with E-state index in [2.05, 4.69) is 15.4 Å². The van der Waals surface area contributed by atoms with Crippen LogP contribution < -0.4 is 15.4 Å². The summed E-state index contributed by atoms with van der Waals surface area (Å²) >= 11 is 0. The monoisotopic (exact) mass is 310 g/mol. The van der Waals surface area contributed by atoms with Crippen molar-refractivity contribution in [3.8, 4) is 5.75 Å². The topological polar surface area (TPSA) is 96.9 Å². The van der Waals surface area contributed by atoms with E-state index >= 15 is 0 Å². The van der Waals surface area contributed by atoms with Crippen LogP contribution >= 0.6 is 0 Å². The van der Waals surface area contributed by atoms with Gasteiger partial charge in [-0.15, -0.1) is 0 Å². The van der Waals surface area contributed by atoms with Gasteiger partial charge in [0.1, 0.15) is 24.0 Å². The van der Waals surface area contributed by atoms with Crippen LogP contribution in [0.15, 0.2) is 24.3 Å². The summed E-state index contributed by atoms with van der Waals surface area (Å²) < 4.78 is 10.1. The number of rotatable bonds is 8. The van der Waals surface area contributed by atoms with Crippen LogP contribution in [0.1, 0.15) is 24.2 Å². The molecule has 0 spiro atoms. The maximum atomic E-state index is 11.6. The largest absolute Gasteiger partial charge is 0.490 e. The summed E-state index contributed by atoms with van der Waals surface area (Å²) in [5, 5.41) is 15.4. The first-order valence-corrected chi connectivity index (χ1v) is 6.92. The smallest absolute Gasteiger partial charge is 0.341 e. The minimum absolute atomic E-state index is 0.00774. The molecule has 7 nitrogen and oxygen atoms in total. The van der Waals surface area contributed by atoms with E-state index in [1.54, 1.807) is 31.2 Å².